The maximum absolute atomic E-state index is 13.3. The largest absolute Gasteiger partial charge is 0.468 e. The van der Waals surface area contributed by atoms with Crippen LogP contribution in [0, 0.1) is 5.41 Å². The third kappa shape index (κ3) is 3.77. The Hall–Kier alpha value is -2.96. The minimum absolute atomic E-state index is 0.136. The summed E-state index contributed by atoms with van der Waals surface area (Å²) in [5, 5.41) is 2.02. The molecule has 1 fully saturated rings. The van der Waals surface area contributed by atoms with Gasteiger partial charge < -0.3 is 9.47 Å². The minimum atomic E-state index is -1.46. The zero-order chi connectivity index (χ0) is 21.8. The molecule has 31 heavy (non-hydrogen) atoms. The molecule has 1 aliphatic rings. The van der Waals surface area contributed by atoms with Gasteiger partial charge in [0.15, 0.2) is 5.41 Å². The molecule has 0 saturated carbocycles. The predicted octanol–water partition coefficient (Wildman–Crippen LogP) is 4.77. The average Bonchev–Trinajstić information content (AvgIpc) is 3.46. The Balaban J connectivity index is 1.92. The smallest absolute Gasteiger partial charge is 0.325 e. The summed E-state index contributed by atoms with van der Waals surface area (Å²) in [6.45, 7) is 0.582. The number of rotatable bonds is 6. The SMILES string of the molecule is COC(=O)C1(C(=O)OC)C[C@H](c2cccs2)N(Cc2ccccc2)[C@@H]1c1ccccc1. The summed E-state index contributed by atoms with van der Waals surface area (Å²) in [7, 11) is 2.66. The highest BCUT2D eigenvalue weighted by Gasteiger charge is 2.64. The van der Waals surface area contributed by atoms with Gasteiger partial charge in [-0.1, -0.05) is 66.7 Å². The number of carbonyl (C=O) groups excluding carboxylic acids is 2. The van der Waals surface area contributed by atoms with E-state index in [1.54, 1.807) is 11.3 Å². The summed E-state index contributed by atoms with van der Waals surface area (Å²) in [5.74, 6) is -1.13. The first-order valence-corrected chi connectivity index (χ1v) is 11.0. The van der Waals surface area contributed by atoms with Crippen LogP contribution in [0.15, 0.2) is 78.2 Å². The van der Waals surface area contributed by atoms with E-state index in [1.165, 1.54) is 14.2 Å². The molecule has 2 atom stereocenters. The molecule has 0 aliphatic carbocycles. The maximum atomic E-state index is 13.3. The molecule has 160 valence electrons. The Labute approximate surface area is 186 Å². The van der Waals surface area contributed by atoms with E-state index >= 15 is 0 Å². The first-order chi connectivity index (χ1) is 15.1. The van der Waals surface area contributed by atoms with Crippen molar-refractivity contribution in [3.05, 3.63) is 94.2 Å². The van der Waals surface area contributed by atoms with E-state index in [-0.39, 0.29) is 6.04 Å². The van der Waals surface area contributed by atoms with Crippen LogP contribution in [-0.4, -0.2) is 31.1 Å². The molecule has 3 aromatic rings. The van der Waals surface area contributed by atoms with E-state index in [9.17, 15) is 9.59 Å². The fraction of sp³-hybridized carbons (Fsp3) is 0.280. The van der Waals surface area contributed by atoms with Crippen molar-refractivity contribution in [2.45, 2.75) is 25.0 Å². The lowest BCUT2D eigenvalue weighted by Gasteiger charge is -2.35. The van der Waals surface area contributed by atoms with Crippen molar-refractivity contribution in [3.63, 3.8) is 0 Å². The number of methoxy groups -OCH3 is 2. The standard InChI is InChI=1S/C25H25NO4S/c1-29-23(27)25(24(28)30-2)16-20(21-14-9-15-31-21)26(17-18-10-5-3-6-11-18)22(25)19-12-7-4-8-13-19/h3-15,20,22H,16-17H2,1-2H3/t20-,22-/m1/s1. The van der Waals surface area contributed by atoms with Gasteiger partial charge in [0, 0.05) is 17.5 Å². The second-order valence-electron chi connectivity index (χ2n) is 7.66. The van der Waals surface area contributed by atoms with E-state index in [4.69, 9.17) is 9.47 Å². The molecule has 2 heterocycles. The predicted molar refractivity (Wildman–Crippen MR) is 119 cm³/mol. The van der Waals surface area contributed by atoms with Crippen molar-refractivity contribution in [2.75, 3.05) is 14.2 Å². The van der Waals surface area contributed by atoms with Gasteiger partial charge in [0.05, 0.1) is 20.3 Å². The lowest BCUT2D eigenvalue weighted by Crippen LogP contribution is -2.45. The van der Waals surface area contributed by atoms with Crippen LogP contribution in [-0.2, 0) is 25.6 Å². The molecule has 1 saturated heterocycles. The van der Waals surface area contributed by atoms with Crippen LogP contribution in [0.2, 0.25) is 0 Å². The second-order valence-corrected chi connectivity index (χ2v) is 8.64. The maximum Gasteiger partial charge on any atom is 0.325 e. The van der Waals surface area contributed by atoms with Crippen molar-refractivity contribution in [3.8, 4) is 0 Å². The molecule has 0 spiro atoms. The minimum Gasteiger partial charge on any atom is -0.468 e. The normalized spacial score (nSPS) is 20.3. The van der Waals surface area contributed by atoms with Gasteiger partial charge in [-0.15, -0.1) is 11.3 Å². The van der Waals surface area contributed by atoms with Crippen molar-refractivity contribution >= 4 is 23.3 Å². The van der Waals surface area contributed by atoms with E-state index < -0.39 is 23.4 Å². The molecule has 0 amide bonds. The Bertz CT molecular complexity index is 1000. The number of benzene rings is 2. The van der Waals surface area contributed by atoms with Gasteiger partial charge in [-0.25, -0.2) is 0 Å². The first kappa shape index (κ1) is 21.3. The van der Waals surface area contributed by atoms with Gasteiger partial charge in [0.25, 0.3) is 0 Å². The summed E-state index contributed by atoms with van der Waals surface area (Å²) >= 11 is 1.63. The quantitative estimate of drug-likeness (QED) is 0.412. The summed E-state index contributed by atoms with van der Waals surface area (Å²) in [6, 6.07) is 23.2. The van der Waals surface area contributed by atoms with Gasteiger partial charge in [-0.05, 0) is 29.0 Å². The molecule has 5 nitrogen and oxygen atoms in total. The fourth-order valence-corrected chi connectivity index (χ4v) is 5.53. The topological polar surface area (TPSA) is 55.8 Å². The number of likely N-dealkylation sites (tertiary alicyclic amines) is 1. The highest BCUT2D eigenvalue weighted by Crippen LogP contribution is 2.57. The number of nitrogens with zero attached hydrogens (tertiary/aromatic N) is 1. The third-order valence-corrected chi connectivity index (χ3v) is 6.98. The molecular formula is C25H25NO4S. The molecule has 1 aromatic heterocycles. The first-order valence-electron chi connectivity index (χ1n) is 10.2. The van der Waals surface area contributed by atoms with Crippen LogP contribution >= 0.6 is 11.3 Å². The van der Waals surface area contributed by atoms with Gasteiger partial charge in [-0.3, -0.25) is 14.5 Å². The molecule has 0 bridgehead atoms. The lowest BCUT2D eigenvalue weighted by atomic mass is 9.76. The number of ether oxygens (including phenoxy) is 2. The highest BCUT2D eigenvalue weighted by molar-refractivity contribution is 7.10. The van der Waals surface area contributed by atoms with E-state index in [0.717, 1.165) is 16.0 Å². The van der Waals surface area contributed by atoms with Gasteiger partial charge in [0.2, 0.25) is 0 Å². The molecule has 4 rings (SSSR count). The molecule has 2 aromatic carbocycles. The Kier molecular flexibility index (Phi) is 6.20. The van der Waals surface area contributed by atoms with Gasteiger partial charge >= 0.3 is 11.9 Å². The highest BCUT2D eigenvalue weighted by atomic mass is 32.1. The molecule has 0 radical (unpaired) electrons. The van der Waals surface area contributed by atoms with Crippen LogP contribution in [0.4, 0.5) is 0 Å². The summed E-state index contributed by atoms with van der Waals surface area (Å²) in [6.07, 6.45) is 0.291. The number of hydrogen-bond donors (Lipinski definition) is 0. The van der Waals surface area contributed by atoms with Crippen molar-refractivity contribution in [1.82, 2.24) is 4.90 Å². The van der Waals surface area contributed by atoms with Crippen LogP contribution in [0.1, 0.15) is 34.5 Å². The average molecular weight is 436 g/mol. The number of thiophene rings is 1. The third-order valence-electron chi connectivity index (χ3n) is 6.01. The van der Waals surface area contributed by atoms with Crippen molar-refractivity contribution < 1.29 is 19.1 Å². The molecule has 0 unspecified atom stereocenters. The lowest BCUT2D eigenvalue weighted by molar-refractivity contribution is -0.171. The Morgan fingerprint density at radius 1 is 0.935 bits per heavy atom. The van der Waals surface area contributed by atoms with Crippen LogP contribution in [0.5, 0.6) is 0 Å². The van der Waals surface area contributed by atoms with Gasteiger partial charge in [0.1, 0.15) is 0 Å². The zero-order valence-corrected chi connectivity index (χ0v) is 18.4. The summed E-state index contributed by atoms with van der Waals surface area (Å²) < 4.78 is 10.4. The Morgan fingerprint density at radius 3 is 2.10 bits per heavy atom. The van der Waals surface area contributed by atoms with Gasteiger partial charge in [-0.2, -0.15) is 0 Å². The molecular weight excluding hydrogens is 410 g/mol. The molecule has 6 heteroatoms. The number of hydrogen-bond acceptors (Lipinski definition) is 6. The zero-order valence-electron chi connectivity index (χ0n) is 17.6. The van der Waals surface area contributed by atoms with E-state index in [2.05, 4.69) is 23.1 Å². The Morgan fingerprint density at radius 2 is 1.55 bits per heavy atom. The van der Waals surface area contributed by atoms with E-state index in [0.29, 0.717) is 13.0 Å². The summed E-state index contributed by atoms with van der Waals surface area (Å²) in [4.78, 5) is 29.9. The second kappa shape index (κ2) is 9.04. The number of carbonyl (C=O) groups is 2. The van der Waals surface area contributed by atoms with Crippen molar-refractivity contribution in [1.29, 1.82) is 0 Å². The van der Waals surface area contributed by atoms with E-state index in [1.807, 2.05) is 60.0 Å². The van der Waals surface area contributed by atoms with Crippen LogP contribution in [0.25, 0.3) is 0 Å². The van der Waals surface area contributed by atoms with Crippen molar-refractivity contribution in [2.24, 2.45) is 5.41 Å². The molecule has 1 aliphatic heterocycles. The van der Waals surface area contributed by atoms with Crippen LogP contribution < -0.4 is 0 Å². The van der Waals surface area contributed by atoms with Crippen LogP contribution in [0.3, 0.4) is 0 Å². The monoisotopic (exact) mass is 435 g/mol. The summed E-state index contributed by atoms with van der Waals surface area (Å²) in [5.41, 5.74) is 0.526. The fourth-order valence-electron chi connectivity index (χ4n) is 4.69. The molecule has 0 N–H and O–H groups in total. The number of esters is 2.